The molecule has 0 saturated carbocycles. The summed E-state index contributed by atoms with van der Waals surface area (Å²) in [6.07, 6.45) is 0. The molecule has 2 aromatic heterocycles. The number of nitrogens with one attached hydrogen (secondary N) is 1. The SMILES string of the molecule is Cc1[nH]c2ccccc2c1C(=O)C(=O)OCc1cc(-c2ccccc2)on1. The molecule has 2 heterocycles. The van der Waals surface area contributed by atoms with E-state index >= 15 is 0 Å². The molecule has 4 aromatic rings. The molecule has 0 unspecified atom stereocenters. The van der Waals surface area contributed by atoms with Crippen LogP contribution in [0.3, 0.4) is 0 Å². The van der Waals surface area contributed by atoms with Crippen LogP contribution in [0.1, 0.15) is 21.7 Å². The van der Waals surface area contributed by atoms with E-state index in [4.69, 9.17) is 9.26 Å². The third-order valence-electron chi connectivity index (χ3n) is 4.27. The summed E-state index contributed by atoms with van der Waals surface area (Å²) in [5, 5.41) is 4.58. The lowest BCUT2D eigenvalue weighted by Gasteiger charge is -2.02. The molecule has 0 aliphatic rings. The molecular weight excluding hydrogens is 344 g/mol. The van der Waals surface area contributed by atoms with Crippen molar-refractivity contribution in [3.05, 3.63) is 77.6 Å². The fraction of sp³-hybridized carbons (Fsp3) is 0.0952. The first-order valence-corrected chi connectivity index (χ1v) is 8.43. The van der Waals surface area contributed by atoms with Crippen LogP contribution in [0.25, 0.3) is 22.2 Å². The van der Waals surface area contributed by atoms with E-state index in [1.54, 1.807) is 19.1 Å². The number of hydrogen-bond donors (Lipinski definition) is 1. The van der Waals surface area contributed by atoms with Gasteiger partial charge in [-0.25, -0.2) is 4.79 Å². The van der Waals surface area contributed by atoms with Gasteiger partial charge in [0.2, 0.25) is 0 Å². The van der Waals surface area contributed by atoms with Gasteiger partial charge in [-0.3, -0.25) is 4.79 Å². The summed E-state index contributed by atoms with van der Waals surface area (Å²) in [5.41, 5.74) is 3.07. The van der Waals surface area contributed by atoms with Crippen molar-refractivity contribution in [2.45, 2.75) is 13.5 Å². The maximum absolute atomic E-state index is 12.6. The van der Waals surface area contributed by atoms with Gasteiger partial charge in [-0.2, -0.15) is 0 Å². The molecule has 6 nitrogen and oxygen atoms in total. The Labute approximate surface area is 154 Å². The Morgan fingerprint density at radius 2 is 1.81 bits per heavy atom. The first kappa shape index (κ1) is 16.8. The second-order valence-electron chi connectivity index (χ2n) is 6.12. The number of Topliss-reactive ketones (excluding diaryl/α,β-unsaturated/α-hetero) is 1. The molecule has 0 saturated heterocycles. The molecule has 4 rings (SSSR count). The Bertz CT molecular complexity index is 1130. The minimum atomic E-state index is -0.924. The summed E-state index contributed by atoms with van der Waals surface area (Å²) in [6, 6.07) is 18.5. The number of rotatable bonds is 5. The average Bonchev–Trinajstić information content (AvgIpc) is 3.30. The minimum Gasteiger partial charge on any atom is -0.453 e. The van der Waals surface area contributed by atoms with Gasteiger partial charge >= 0.3 is 5.97 Å². The van der Waals surface area contributed by atoms with E-state index in [0.717, 1.165) is 11.1 Å². The average molecular weight is 360 g/mol. The Morgan fingerprint density at radius 3 is 2.63 bits per heavy atom. The molecule has 0 spiro atoms. The normalized spacial score (nSPS) is 10.9. The Kier molecular flexibility index (Phi) is 4.30. The van der Waals surface area contributed by atoms with Crippen LogP contribution in [-0.4, -0.2) is 21.9 Å². The van der Waals surface area contributed by atoms with Gasteiger partial charge < -0.3 is 14.2 Å². The number of para-hydroxylation sites is 1. The molecule has 1 N–H and O–H groups in total. The molecule has 0 bridgehead atoms. The van der Waals surface area contributed by atoms with Crippen molar-refractivity contribution in [1.29, 1.82) is 0 Å². The molecule has 0 aliphatic heterocycles. The quantitative estimate of drug-likeness (QED) is 0.330. The summed E-state index contributed by atoms with van der Waals surface area (Å²) in [7, 11) is 0. The zero-order valence-electron chi connectivity index (χ0n) is 14.6. The number of esters is 1. The number of fused-ring (bicyclic) bond motifs is 1. The highest BCUT2D eigenvalue weighted by Gasteiger charge is 2.24. The van der Waals surface area contributed by atoms with Gasteiger partial charge in [-0.1, -0.05) is 53.7 Å². The van der Waals surface area contributed by atoms with Crippen LogP contribution in [-0.2, 0) is 16.1 Å². The molecule has 0 aliphatic carbocycles. The van der Waals surface area contributed by atoms with E-state index in [1.165, 1.54) is 0 Å². The van der Waals surface area contributed by atoms with E-state index in [0.29, 0.717) is 28.1 Å². The summed E-state index contributed by atoms with van der Waals surface area (Å²) in [4.78, 5) is 27.9. The minimum absolute atomic E-state index is 0.137. The number of aryl methyl sites for hydroxylation is 1. The topological polar surface area (TPSA) is 85.2 Å². The monoisotopic (exact) mass is 360 g/mol. The second kappa shape index (κ2) is 6.92. The Balaban J connectivity index is 1.47. The van der Waals surface area contributed by atoms with Gasteiger partial charge in [0, 0.05) is 28.2 Å². The molecule has 0 amide bonds. The predicted molar refractivity (Wildman–Crippen MR) is 99.1 cm³/mol. The predicted octanol–water partition coefficient (Wildman–Crippen LogP) is 4.06. The van der Waals surface area contributed by atoms with Crippen LogP contribution >= 0.6 is 0 Å². The first-order valence-electron chi connectivity index (χ1n) is 8.43. The number of H-pyrrole nitrogens is 1. The van der Waals surface area contributed by atoms with Crippen molar-refractivity contribution >= 4 is 22.7 Å². The van der Waals surface area contributed by atoms with Crippen LogP contribution in [0.5, 0.6) is 0 Å². The summed E-state index contributed by atoms with van der Waals surface area (Å²) >= 11 is 0. The second-order valence-corrected chi connectivity index (χ2v) is 6.12. The van der Waals surface area contributed by atoms with Gasteiger partial charge in [0.15, 0.2) is 5.76 Å². The van der Waals surface area contributed by atoms with Crippen LogP contribution in [0.2, 0.25) is 0 Å². The summed E-state index contributed by atoms with van der Waals surface area (Å²) in [5.74, 6) is -1.04. The summed E-state index contributed by atoms with van der Waals surface area (Å²) in [6.45, 7) is 1.62. The number of carbonyl (C=O) groups is 2. The van der Waals surface area contributed by atoms with Gasteiger partial charge in [-0.05, 0) is 13.0 Å². The smallest absolute Gasteiger partial charge is 0.380 e. The van der Waals surface area contributed by atoms with Crippen molar-refractivity contribution in [2.75, 3.05) is 0 Å². The van der Waals surface area contributed by atoms with Crippen molar-refractivity contribution < 1.29 is 18.8 Å². The molecular formula is C21H16N2O4. The van der Waals surface area contributed by atoms with Crippen molar-refractivity contribution in [3.8, 4) is 11.3 Å². The molecule has 2 aromatic carbocycles. The van der Waals surface area contributed by atoms with E-state index in [-0.39, 0.29) is 6.61 Å². The fourth-order valence-electron chi connectivity index (χ4n) is 2.99. The van der Waals surface area contributed by atoms with E-state index in [2.05, 4.69) is 10.1 Å². The van der Waals surface area contributed by atoms with E-state index in [9.17, 15) is 9.59 Å². The lowest BCUT2D eigenvalue weighted by atomic mass is 10.1. The molecule has 6 heteroatoms. The van der Waals surface area contributed by atoms with Crippen LogP contribution < -0.4 is 0 Å². The Hall–Kier alpha value is -3.67. The number of aromatic amines is 1. The highest BCUT2D eigenvalue weighted by Crippen LogP contribution is 2.23. The number of benzene rings is 2. The van der Waals surface area contributed by atoms with Crippen LogP contribution in [0.4, 0.5) is 0 Å². The molecule has 0 fully saturated rings. The number of ether oxygens (including phenoxy) is 1. The summed E-state index contributed by atoms with van der Waals surface area (Å²) < 4.78 is 10.4. The number of carbonyl (C=O) groups excluding carboxylic acids is 2. The lowest BCUT2D eigenvalue weighted by molar-refractivity contribution is -0.139. The third-order valence-corrected chi connectivity index (χ3v) is 4.27. The largest absolute Gasteiger partial charge is 0.453 e. The highest BCUT2D eigenvalue weighted by molar-refractivity contribution is 6.43. The van der Waals surface area contributed by atoms with Gasteiger partial charge in [0.05, 0.1) is 5.56 Å². The van der Waals surface area contributed by atoms with Crippen molar-refractivity contribution in [3.63, 3.8) is 0 Å². The highest BCUT2D eigenvalue weighted by atomic mass is 16.5. The van der Waals surface area contributed by atoms with Gasteiger partial charge in [0.25, 0.3) is 5.78 Å². The number of aromatic nitrogens is 2. The first-order chi connectivity index (χ1) is 13.1. The van der Waals surface area contributed by atoms with Crippen LogP contribution in [0, 0.1) is 6.92 Å². The lowest BCUT2D eigenvalue weighted by Crippen LogP contribution is -2.18. The zero-order valence-corrected chi connectivity index (χ0v) is 14.6. The standard InChI is InChI=1S/C21H16N2O4/c1-13-19(16-9-5-6-10-17(16)22-13)20(24)21(25)26-12-15-11-18(27-23-15)14-7-3-2-4-8-14/h2-11,22H,12H2,1H3. The van der Waals surface area contributed by atoms with Crippen molar-refractivity contribution in [1.82, 2.24) is 10.1 Å². The van der Waals surface area contributed by atoms with E-state index < -0.39 is 11.8 Å². The number of hydrogen-bond acceptors (Lipinski definition) is 5. The zero-order chi connectivity index (χ0) is 18.8. The number of ketones is 1. The van der Waals surface area contributed by atoms with E-state index in [1.807, 2.05) is 48.5 Å². The molecule has 0 atom stereocenters. The molecule has 0 radical (unpaired) electrons. The third kappa shape index (κ3) is 3.25. The maximum atomic E-state index is 12.6. The molecule has 134 valence electrons. The van der Waals surface area contributed by atoms with Gasteiger partial charge in [0.1, 0.15) is 12.3 Å². The maximum Gasteiger partial charge on any atom is 0.380 e. The fourth-order valence-corrected chi connectivity index (χ4v) is 2.99. The van der Waals surface area contributed by atoms with Crippen LogP contribution in [0.15, 0.2) is 65.2 Å². The number of nitrogens with zero attached hydrogens (tertiary/aromatic N) is 1. The Morgan fingerprint density at radius 1 is 1.07 bits per heavy atom. The molecule has 27 heavy (non-hydrogen) atoms. The van der Waals surface area contributed by atoms with Gasteiger partial charge in [-0.15, -0.1) is 0 Å². The van der Waals surface area contributed by atoms with Crippen molar-refractivity contribution in [2.24, 2.45) is 0 Å².